The molecule has 2 atom stereocenters. The summed E-state index contributed by atoms with van der Waals surface area (Å²) >= 11 is 0. The Morgan fingerprint density at radius 2 is 2.00 bits per heavy atom. The second-order valence-electron chi connectivity index (χ2n) is 4.92. The van der Waals surface area contributed by atoms with Gasteiger partial charge in [-0.3, -0.25) is 0 Å². The van der Waals surface area contributed by atoms with Crippen molar-refractivity contribution in [2.75, 3.05) is 0 Å². The van der Waals surface area contributed by atoms with E-state index in [1.54, 1.807) is 0 Å². The lowest BCUT2D eigenvalue weighted by Crippen LogP contribution is -2.24. The number of hydrogen-bond donors (Lipinski definition) is 1. The molecule has 3 nitrogen and oxygen atoms in total. The Balaban J connectivity index is 2.08. The lowest BCUT2D eigenvalue weighted by molar-refractivity contribution is 0.467. The van der Waals surface area contributed by atoms with Gasteiger partial charge in [0.15, 0.2) is 0 Å². The molecule has 0 saturated carbocycles. The minimum atomic E-state index is 0.237. The van der Waals surface area contributed by atoms with Crippen LogP contribution >= 0.6 is 0 Å². The molecule has 96 valence electrons. The van der Waals surface area contributed by atoms with E-state index in [9.17, 15) is 0 Å². The van der Waals surface area contributed by atoms with Crippen LogP contribution in [-0.2, 0) is 7.05 Å². The third kappa shape index (κ3) is 2.79. The molecule has 0 radical (unpaired) electrons. The van der Waals surface area contributed by atoms with E-state index < -0.39 is 0 Å². The highest BCUT2D eigenvalue weighted by Gasteiger charge is 2.14. The lowest BCUT2D eigenvalue weighted by atomic mass is 10.1. The molecule has 0 amide bonds. The second-order valence-corrected chi connectivity index (χ2v) is 4.92. The Labute approximate surface area is 109 Å². The van der Waals surface area contributed by atoms with E-state index in [1.165, 1.54) is 11.1 Å². The van der Waals surface area contributed by atoms with Crippen molar-refractivity contribution >= 4 is 0 Å². The highest BCUT2D eigenvalue weighted by molar-refractivity contribution is 5.24. The Hall–Kier alpha value is -1.61. The van der Waals surface area contributed by atoms with Crippen molar-refractivity contribution in [3.8, 4) is 0 Å². The van der Waals surface area contributed by atoms with E-state index in [4.69, 9.17) is 0 Å². The maximum atomic E-state index is 4.38. The third-order valence-electron chi connectivity index (χ3n) is 3.29. The maximum absolute atomic E-state index is 4.38. The van der Waals surface area contributed by atoms with Gasteiger partial charge in [-0.25, -0.2) is 4.98 Å². The van der Waals surface area contributed by atoms with Crippen LogP contribution in [0.1, 0.15) is 42.9 Å². The summed E-state index contributed by atoms with van der Waals surface area (Å²) in [6.45, 7) is 6.46. The van der Waals surface area contributed by atoms with Gasteiger partial charge in [0.1, 0.15) is 5.82 Å². The molecule has 1 heterocycles. The third-order valence-corrected chi connectivity index (χ3v) is 3.29. The number of nitrogens with one attached hydrogen (secondary N) is 1. The lowest BCUT2D eigenvalue weighted by Gasteiger charge is -2.20. The molecular formula is C15H21N3. The Bertz CT molecular complexity index is 516. The normalized spacial score (nSPS) is 14.4. The van der Waals surface area contributed by atoms with Crippen molar-refractivity contribution in [1.82, 2.24) is 14.9 Å². The fraction of sp³-hybridized carbons (Fsp3) is 0.400. The second kappa shape index (κ2) is 5.36. The van der Waals surface area contributed by atoms with Gasteiger partial charge in [-0.05, 0) is 26.3 Å². The summed E-state index contributed by atoms with van der Waals surface area (Å²) in [4.78, 5) is 4.38. The molecule has 0 bridgehead atoms. The van der Waals surface area contributed by atoms with Crippen LogP contribution in [0.15, 0.2) is 36.7 Å². The Morgan fingerprint density at radius 1 is 1.22 bits per heavy atom. The van der Waals surface area contributed by atoms with Gasteiger partial charge < -0.3 is 9.88 Å². The molecule has 0 aliphatic heterocycles. The topological polar surface area (TPSA) is 29.9 Å². The zero-order chi connectivity index (χ0) is 13.1. The number of benzene rings is 1. The highest BCUT2D eigenvalue weighted by atomic mass is 15.1. The smallest absolute Gasteiger partial charge is 0.125 e. The number of hydrogen-bond acceptors (Lipinski definition) is 2. The molecule has 1 unspecified atom stereocenters. The molecule has 0 aliphatic rings. The maximum Gasteiger partial charge on any atom is 0.125 e. The summed E-state index contributed by atoms with van der Waals surface area (Å²) in [5.41, 5.74) is 2.61. The minimum absolute atomic E-state index is 0.237. The number of aromatic nitrogens is 2. The van der Waals surface area contributed by atoms with E-state index in [0.29, 0.717) is 6.04 Å². The van der Waals surface area contributed by atoms with E-state index in [-0.39, 0.29) is 6.04 Å². The highest BCUT2D eigenvalue weighted by Crippen LogP contribution is 2.18. The van der Waals surface area contributed by atoms with Gasteiger partial charge in [-0.15, -0.1) is 0 Å². The van der Waals surface area contributed by atoms with Gasteiger partial charge >= 0.3 is 0 Å². The number of aryl methyl sites for hydroxylation is 2. The fourth-order valence-electron chi connectivity index (χ4n) is 2.28. The number of imidazole rings is 1. The first-order valence-electron chi connectivity index (χ1n) is 6.37. The zero-order valence-corrected chi connectivity index (χ0v) is 11.5. The van der Waals surface area contributed by atoms with Gasteiger partial charge in [0.2, 0.25) is 0 Å². The number of nitrogens with zero attached hydrogens (tertiary/aromatic N) is 2. The predicted molar refractivity (Wildman–Crippen MR) is 74.4 cm³/mol. The molecule has 0 fully saturated rings. The van der Waals surface area contributed by atoms with E-state index >= 15 is 0 Å². The first-order valence-corrected chi connectivity index (χ1v) is 6.37. The zero-order valence-electron chi connectivity index (χ0n) is 11.5. The fourth-order valence-corrected chi connectivity index (χ4v) is 2.28. The molecule has 0 spiro atoms. The van der Waals surface area contributed by atoms with Gasteiger partial charge in [0, 0.05) is 25.5 Å². The predicted octanol–water partition coefficient (Wildman–Crippen LogP) is 3.14. The van der Waals surface area contributed by atoms with Gasteiger partial charge in [0.05, 0.1) is 6.04 Å². The molecule has 2 rings (SSSR count). The van der Waals surface area contributed by atoms with E-state index in [0.717, 1.165) is 5.82 Å². The Kier molecular flexibility index (Phi) is 3.82. The van der Waals surface area contributed by atoms with Crippen LogP contribution in [0.5, 0.6) is 0 Å². The van der Waals surface area contributed by atoms with Crippen LogP contribution in [0, 0.1) is 6.92 Å². The van der Waals surface area contributed by atoms with Crippen LogP contribution in [0.25, 0.3) is 0 Å². The van der Waals surface area contributed by atoms with Crippen molar-refractivity contribution in [1.29, 1.82) is 0 Å². The molecule has 0 saturated heterocycles. The molecule has 18 heavy (non-hydrogen) atoms. The van der Waals surface area contributed by atoms with Crippen molar-refractivity contribution < 1.29 is 0 Å². The van der Waals surface area contributed by atoms with Crippen molar-refractivity contribution in [3.63, 3.8) is 0 Å². The standard InChI is InChI=1S/C15H21N3/c1-11-6-5-7-14(10-11)12(2)17-13(3)15-16-8-9-18(15)4/h5-10,12-13,17H,1-4H3/t12-,13?/m0/s1. The quantitative estimate of drug-likeness (QED) is 0.894. The molecule has 1 N–H and O–H groups in total. The largest absolute Gasteiger partial charge is 0.337 e. The summed E-state index contributed by atoms with van der Waals surface area (Å²) in [5, 5.41) is 3.58. The molecule has 1 aromatic heterocycles. The van der Waals surface area contributed by atoms with Crippen molar-refractivity contribution in [3.05, 3.63) is 53.6 Å². The number of rotatable bonds is 4. The summed E-state index contributed by atoms with van der Waals surface area (Å²) in [6, 6.07) is 9.17. The Morgan fingerprint density at radius 3 is 2.61 bits per heavy atom. The van der Waals surface area contributed by atoms with Gasteiger partial charge in [0.25, 0.3) is 0 Å². The molecule has 2 aromatic rings. The van der Waals surface area contributed by atoms with Crippen LogP contribution in [0.2, 0.25) is 0 Å². The molecule has 3 heteroatoms. The van der Waals surface area contributed by atoms with Crippen molar-refractivity contribution in [2.45, 2.75) is 32.9 Å². The monoisotopic (exact) mass is 243 g/mol. The van der Waals surface area contributed by atoms with Crippen LogP contribution < -0.4 is 5.32 Å². The summed E-state index contributed by atoms with van der Waals surface area (Å²) in [6.07, 6.45) is 3.82. The summed E-state index contributed by atoms with van der Waals surface area (Å²) < 4.78 is 2.06. The summed E-state index contributed by atoms with van der Waals surface area (Å²) in [7, 11) is 2.03. The van der Waals surface area contributed by atoms with Crippen LogP contribution in [0.4, 0.5) is 0 Å². The van der Waals surface area contributed by atoms with Gasteiger partial charge in [-0.2, -0.15) is 0 Å². The van der Waals surface area contributed by atoms with Gasteiger partial charge in [-0.1, -0.05) is 29.8 Å². The molecule has 1 aromatic carbocycles. The first-order chi connectivity index (χ1) is 8.58. The molecule has 0 aliphatic carbocycles. The van der Waals surface area contributed by atoms with Crippen LogP contribution in [-0.4, -0.2) is 9.55 Å². The molecular weight excluding hydrogens is 222 g/mol. The van der Waals surface area contributed by atoms with Crippen LogP contribution in [0.3, 0.4) is 0 Å². The SMILES string of the molecule is Cc1cccc([C@H](C)NC(C)c2nccn2C)c1. The van der Waals surface area contributed by atoms with Crippen molar-refractivity contribution in [2.24, 2.45) is 7.05 Å². The minimum Gasteiger partial charge on any atom is -0.337 e. The first kappa shape index (κ1) is 12.8. The van der Waals surface area contributed by atoms with E-state index in [2.05, 4.69) is 59.9 Å². The summed E-state index contributed by atoms with van der Waals surface area (Å²) in [5.74, 6) is 1.06. The average Bonchev–Trinajstić information content (AvgIpc) is 2.75. The average molecular weight is 243 g/mol. The van der Waals surface area contributed by atoms with E-state index in [1.807, 2.05) is 19.4 Å².